The molecule has 7 heteroatoms. The zero-order valence-electron chi connectivity index (χ0n) is 14.7. The van der Waals surface area contributed by atoms with Crippen molar-refractivity contribution in [1.29, 1.82) is 0 Å². The summed E-state index contributed by atoms with van der Waals surface area (Å²) < 4.78 is 9.54. The van der Waals surface area contributed by atoms with Crippen LogP contribution in [0, 0.1) is 0 Å². The van der Waals surface area contributed by atoms with Crippen molar-refractivity contribution in [2.75, 3.05) is 26.8 Å². The number of benzene rings is 1. The van der Waals surface area contributed by atoms with Crippen LogP contribution < -0.4 is 5.32 Å². The van der Waals surface area contributed by atoms with Gasteiger partial charge in [-0.15, -0.1) is 0 Å². The second-order valence-electron chi connectivity index (χ2n) is 5.07. The van der Waals surface area contributed by atoms with E-state index in [9.17, 15) is 14.4 Å². The molecule has 0 aliphatic heterocycles. The van der Waals surface area contributed by atoms with Gasteiger partial charge in [0.2, 0.25) is 0 Å². The fourth-order valence-corrected chi connectivity index (χ4v) is 2.08. The van der Waals surface area contributed by atoms with Crippen molar-refractivity contribution in [1.82, 2.24) is 10.2 Å². The number of nitrogens with one attached hydrogen (secondary N) is 1. The highest BCUT2D eigenvalue weighted by Crippen LogP contribution is 2.14. The molecule has 1 aromatic rings. The van der Waals surface area contributed by atoms with Crippen LogP contribution in [0.2, 0.25) is 0 Å². The summed E-state index contributed by atoms with van der Waals surface area (Å²) in [6.45, 7) is 4.87. The molecule has 2 amide bonds. The minimum atomic E-state index is -0.691. The maximum Gasteiger partial charge on any atom is 0.331 e. The molecule has 1 aromatic carbocycles. The van der Waals surface area contributed by atoms with Crippen molar-refractivity contribution in [3.05, 3.63) is 48.0 Å². The summed E-state index contributed by atoms with van der Waals surface area (Å²) in [5.74, 6) is -1.34. The van der Waals surface area contributed by atoms with E-state index < -0.39 is 18.0 Å². The molecule has 0 heterocycles. The molecule has 0 aliphatic rings. The summed E-state index contributed by atoms with van der Waals surface area (Å²) in [6.07, 6.45) is 1.97. The van der Waals surface area contributed by atoms with Crippen LogP contribution in [0.4, 0.5) is 4.79 Å². The molecule has 0 bridgehead atoms. The van der Waals surface area contributed by atoms with Gasteiger partial charge in [0.05, 0.1) is 13.2 Å². The van der Waals surface area contributed by atoms with Crippen molar-refractivity contribution in [2.24, 2.45) is 0 Å². The molecule has 136 valence electrons. The minimum absolute atomic E-state index is 0.0542. The minimum Gasteiger partial charge on any atom is -0.466 e. The van der Waals surface area contributed by atoms with Crippen molar-refractivity contribution in [3.8, 4) is 0 Å². The lowest BCUT2D eigenvalue weighted by atomic mass is 10.1. The van der Waals surface area contributed by atoms with E-state index in [-0.39, 0.29) is 12.6 Å². The van der Waals surface area contributed by atoms with Gasteiger partial charge in [-0.1, -0.05) is 30.3 Å². The van der Waals surface area contributed by atoms with Crippen LogP contribution in [0.3, 0.4) is 0 Å². The molecule has 0 spiro atoms. The average molecular weight is 348 g/mol. The smallest absolute Gasteiger partial charge is 0.331 e. The monoisotopic (exact) mass is 348 g/mol. The molecule has 0 saturated carbocycles. The molecule has 7 nitrogen and oxygen atoms in total. The Bertz CT molecular complexity index is 597. The van der Waals surface area contributed by atoms with Crippen LogP contribution in [0.25, 0.3) is 0 Å². The second-order valence-corrected chi connectivity index (χ2v) is 5.07. The Kier molecular flexibility index (Phi) is 8.78. The summed E-state index contributed by atoms with van der Waals surface area (Å²) in [6, 6.07) is 8.48. The number of urea groups is 1. The quantitative estimate of drug-likeness (QED) is 0.574. The first-order chi connectivity index (χ1) is 12.0. The molecule has 0 aliphatic carbocycles. The van der Waals surface area contributed by atoms with Crippen LogP contribution >= 0.6 is 0 Å². The maximum absolute atomic E-state index is 12.3. The van der Waals surface area contributed by atoms with E-state index in [1.54, 1.807) is 4.90 Å². The summed E-state index contributed by atoms with van der Waals surface area (Å²) in [4.78, 5) is 36.6. The Balaban J connectivity index is 2.76. The van der Waals surface area contributed by atoms with Crippen LogP contribution in [-0.2, 0) is 19.1 Å². The number of methoxy groups -OCH3 is 1. The SMILES string of the molecule is CCN(CC)C(=O)N[C@H](COC(=O)/C=C/C(=O)OC)c1ccccc1. The highest BCUT2D eigenvalue weighted by Gasteiger charge is 2.19. The number of esters is 2. The van der Waals surface area contributed by atoms with Crippen LogP contribution in [-0.4, -0.2) is 49.7 Å². The zero-order chi connectivity index (χ0) is 18.7. The lowest BCUT2D eigenvalue weighted by molar-refractivity contribution is -0.139. The number of ether oxygens (including phenoxy) is 2. The molecular formula is C18H24N2O5. The number of carbonyl (C=O) groups is 3. The first kappa shape index (κ1) is 20.2. The van der Waals surface area contributed by atoms with E-state index in [4.69, 9.17) is 4.74 Å². The Morgan fingerprint density at radius 3 is 2.24 bits per heavy atom. The van der Waals surface area contributed by atoms with Gasteiger partial charge in [-0.25, -0.2) is 14.4 Å². The van der Waals surface area contributed by atoms with Crippen LogP contribution in [0.5, 0.6) is 0 Å². The van der Waals surface area contributed by atoms with E-state index >= 15 is 0 Å². The van der Waals surface area contributed by atoms with Gasteiger partial charge in [-0.2, -0.15) is 0 Å². The molecular weight excluding hydrogens is 324 g/mol. The fraction of sp³-hybridized carbons (Fsp3) is 0.389. The van der Waals surface area contributed by atoms with Crippen molar-refractivity contribution >= 4 is 18.0 Å². The third-order valence-corrected chi connectivity index (χ3v) is 3.50. The Morgan fingerprint density at radius 2 is 1.68 bits per heavy atom. The number of carbonyl (C=O) groups excluding carboxylic acids is 3. The van der Waals surface area contributed by atoms with E-state index in [1.807, 2.05) is 44.2 Å². The Morgan fingerprint density at radius 1 is 1.08 bits per heavy atom. The van der Waals surface area contributed by atoms with Crippen LogP contribution in [0.15, 0.2) is 42.5 Å². The Hall–Kier alpha value is -2.83. The third kappa shape index (κ3) is 7.07. The molecule has 25 heavy (non-hydrogen) atoms. The lowest BCUT2D eigenvalue weighted by Gasteiger charge is -2.24. The summed E-state index contributed by atoms with van der Waals surface area (Å²) in [5, 5.41) is 2.86. The van der Waals surface area contributed by atoms with Gasteiger partial charge in [0.1, 0.15) is 6.61 Å². The van der Waals surface area contributed by atoms with E-state index in [0.717, 1.165) is 17.7 Å². The van der Waals surface area contributed by atoms with Gasteiger partial charge in [-0.3, -0.25) is 0 Å². The highest BCUT2D eigenvalue weighted by atomic mass is 16.5. The van der Waals surface area contributed by atoms with E-state index in [0.29, 0.717) is 13.1 Å². The van der Waals surface area contributed by atoms with E-state index in [2.05, 4.69) is 10.1 Å². The predicted octanol–water partition coefficient (Wildman–Crippen LogP) is 2.05. The average Bonchev–Trinajstić information content (AvgIpc) is 2.64. The Labute approximate surface area is 147 Å². The summed E-state index contributed by atoms with van der Waals surface area (Å²) >= 11 is 0. The molecule has 1 rings (SSSR count). The number of nitrogens with zero attached hydrogens (tertiary/aromatic N) is 1. The first-order valence-corrected chi connectivity index (χ1v) is 8.04. The van der Waals surface area contributed by atoms with Crippen LogP contribution in [0.1, 0.15) is 25.5 Å². The van der Waals surface area contributed by atoms with Gasteiger partial charge in [0.15, 0.2) is 0 Å². The summed E-state index contributed by atoms with van der Waals surface area (Å²) in [7, 11) is 1.21. The van der Waals surface area contributed by atoms with Crippen molar-refractivity contribution in [3.63, 3.8) is 0 Å². The predicted molar refractivity (Wildman–Crippen MR) is 92.8 cm³/mol. The van der Waals surface area contributed by atoms with E-state index in [1.165, 1.54) is 7.11 Å². The molecule has 1 N–H and O–H groups in total. The topological polar surface area (TPSA) is 84.9 Å². The van der Waals surface area contributed by atoms with Gasteiger partial charge in [-0.05, 0) is 19.4 Å². The third-order valence-electron chi connectivity index (χ3n) is 3.50. The number of hydrogen-bond donors (Lipinski definition) is 1. The second kappa shape index (κ2) is 10.9. The normalized spacial score (nSPS) is 11.6. The largest absolute Gasteiger partial charge is 0.466 e. The summed E-state index contributed by atoms with van der Waals surface area (Å²) in [5.41, 5.74) is 0.813. The standard InChI is InChI=1S/C18H24N2O5/c1-4-20(5-2)18(23)19-15(14-9-7-6-8-10-14)13-25-17(22)12-11-16(21)24-3/h6-12,15H,4-5,13H2,1-3H3,(H,19,23)/b12-11+/t15-/m1/s1. The van der Waals surface area contributed by atoms with Gasteiger partial charge >= 0.3 is 18.0 Å². The van der Waals surface area contributed by atoms with Gasteiger partial charge in [0.25, 0.3) is 0 Å². The molecule has 0 saturated heterocycles. The van der Waals surface area contributed by atoms with Crippen molar-refractivity contribution in [2.45, 2.75) is 19.9 Å². The highest BCUT2D eigenvalue weighted by molar-refractivity contribution is 5.91. The fourth-order valence-electron chi connectivity index (χ4n) is 2.08. The first-order valence-electron chi connectivity index (χ1n) is 8.04. The maximum atomic E-state index is 12.3. The molecule has 1 atom stereocenters. The number of rotatable bonds is 8. The molecule has 0 unspecified atom stereocenters. The van der Waals surface area contributed by atoms with Crippen molar-refractivity contribution < 1.29 is 23.9 Å². The van der Waals surface area contributed by atoms with Gasteiger partial charge in [0, 0.05) is 25.2 Å². The number of amides is 2. The molecule has 0 radical (unpaired) electrons. The number of hydrogen-bond acceptors (Lipinski definition) is 5. The molecule has 0 fully saturated rings. The molecule has 0 aromatic heterocycles. The van der Waals surface area contributed by atoms with Gasteiger partial charge < -0.3 is 19.7 Å². The zero-order valence-corrected chi connectivity index (χ0v) is 14.7. The lowest BCUT2D eigenvalue weighted by Crippen LogP contribution is -2.42.